The first-order chi connectivity index (χ1) is 11.7. The summed E-state index contributed by atoms with van der Waals surface area (Å²) in [5.41, 5.74) is 0.995. The van der Waals surface area contributed by atoms with Crippen molar-refractivity contribution in [3.8, 4) is 5.75 Å². The normalized spacial score (nSPS) is 18.1. The summed E-state index contributed by atoms with van der Waals surface area (Å²) in [7, 11) is 0. The number of ether oxygens (including phenoxy) is 1. The Morgan fingerprint density at radius 3 is 3.00 bits per heavy atom. The van der Waals surface area contributed by atoms with E-state index in [0.717, 1.165) is 11.3 Å². The number of aliphatic hydroxyl groups is 1. The van der Waals surface area contributed by atoms with Crippen LogP contribution >= 0.6 is 0 Å². The van der Waals surface area contributed by atoms with Gasteiger partial charge < -0.3 is 20.5 Å². The first-order valence-electron chi connectivity index (χ1n) is 8.25. The quantitative estimate of drug-likeness (QED) is 0.616. The number of nitrogens with one attached hydrogen (secondary N) is 2. The Labute approximate surface area is 142 Å². The van der Waals surface area contributed by atoms with Crippen molar-refractivity contribution < 1.29 is 19.4 Å². The van der Waals surface area contributed by atoms with Gasteiger partial charge in [-0.2, -0.15) is 0 Å². The lowest BCUT2D eigenvalue weighted by atomic mass is 10.1. The zero-order valence-corrected chi connectivity index (χ0v) is 14.0. The Morgan fingerprint density at radius 2 is 2.25 bits per heavy atom. The van der Waals surface area contributed by atoms with Crippen LogP contribution in [0.5, 0.6) is 5.75 Å². The molecular weight excluding hydrogens is 310 g/mol. The fourth-order valence-corrected chi connectivity index (χ4v) is 2.77. The minimum atomic E-state index is -0.521. The maximum atomic E-state index is 12.2. The highest BCUT2D eigenvalue weighted by Crippen LogP contribution is 2.22. The molecule has 1 aromatic rings. The summed E-state index contributed by atoms with van der Waals surface area (Å²) >= 11 is 0. The van der Waals surface area contributed by atoms with Crippen molar-refractivity contribution >= 4 is 11.8 Å². The molecule has 3 N–H and O–H groups in total. The van der Waals surface area contributed by atoms with E-state index in [1.54, 1.807) is 0 Å². The van der Waals surface area contributed by atoms with Crippen LogP contribution < -0.4 is 15.4 Å². The Morgan fingerprint density at radius 1 is 1.46 bits per heavy atom. The van der Waals surface area contributed by atoms with E-state index in [1.165, 1.54) is 0 Å². The smallest absolute Gasteiger partial charge is 0.237 e. The van der Waals surface area contributed by atoms with E-state index < -0.39 is 6.04 Å². The van der Waals surface area contributed by atoms with Gasteiger partial charge in [0.15, 0.2) is 0 Å². The third-order valence-corrected chi connectivity index (χ3v) is 3.90. The number of benzene rings is 1. The van der Waals surface area contributed by atoms with Crippen LogP contribution in [0.15, 0.2) is 24.3 Å². The van der Waals surface area contributed by atoms with Crippen LogP contribution in [0, 0.1) is 0 Å². The van der Waals surface area contributed by atoms with E-state index in [9.17, 15) is 9.59 Å². The van der Waals surface area contributed by atoms with E-state index in [0.29, 0.717) is 26.2 Å². The third-order valence-electron chi connectivity index (χ3n) is 3.90. The van der Waals surface area contributed by atoms with E-state index in [1.807, 2.05) is 36.1 Å². The molecule has 2 amide bonds. The molecule has 1 aromatic carbocycles. The number of piperazine rings is 1. The molecule has 1 atom stereocenters. The van der Waals surface area contributed by atoms with Crippen molar-refractivity contribution in [1.82, 2.24) is 15.5 Å². The van der Waals surface area contributed by atoms with Crippen LogP contribution in [0.4, 0.5) is 0 Å². The second-order valence-corrected chi connectivity index (χ2v) is 5.60. The van der Waals surface area contributed by atoms with Crippen molar-refractivity contribution in [3.05, 3.63) is 29.8 Å². The van der Waals surface area contributed by atoms with Crippen LogP contribution in [-0.4, -0.2) is 60.7 Å². The molecule has 0 radical (unpaired) electrons. The first kappa shape index (κ1) is 18.2. The second-order valence-electron chi connectivity index (χ2n) is 5.60. The van der Waals surface area contributed by atoms with E-state index in [-0.39, 0.29) is 31.4 Å². The Kier molecular flexibility index (Phi) is 7.02. The molecule has 1 aliphatic heterocycles. The van der Waals surface area contributed by atoms with Crippen LogP contribution in [0.1, 0.15) is 18.9 Å². The van der Waals surface area contributed by atoms with Gasteiger partial charge in [-0.15, -0.1) is 0 Å². The van der Waals surface area contributed by atoms with Gasteiger partial charge in [-0.1, -0.05) is 18.2 Å². The van der Waals surface area contributed by atoms with Gasteiger partial charge in [0.2, 0.25) is 11.8 Å². The SMILES string of the molecule is CCOc1ccccc1CN1CCNC(=O)[C@H]1CC(=O)NCCO. The monoisotopic (exact) mass is 335 g/mol. The molecule has 0 saturated carbocycles. The molecule has 24 heavy (non-hydrogen) atoms. The van der Waals surface area contributed by atoms with Crippen molar-refractivity contribution in [1.29, 1.82) is 0 Å². The highest BCUT2D eigenvalue weighted by molar-refractivity contribution is 5.88. The van der Waals surface area contributed by atoms with Gasteiger partial charge in [-0.05, 0) is 13.0 Å². The molecular formula is C17H25N3O4. The highest BCUT2D eigenvalue weighted by Gasteiger charge is 2.31. The summed E-state index contributed by atoms with van der Waals surface area (Å²) in [6.07, 6.45) is 0.0721. The molecule has 7 nitrogen and oxygen atoms in total. The summed E-state index contributed by atoms with van der Waals surface area (Å²) < 4.78 is 5.64. The molecule has 132 valence electrons. The van der Waals surface area contributed by atoms with Crippen LogP contribution in [-0.2, 0) is 16.1 Å². The van der Waals surface area contributed by atoms with Gasteiger partial charge in [-0.25, -0.2) is 0 Å². The molecule has 1 heterocycles. The molecule has 7 heteroatoms. The average Bonchev–Trinajstić information content (AvgIpc) is 2.58. The molecule has 0 unspecified atom stereocenters. The number of nitrogens with zero attached hydrogens (tertiary/aromatic N) is 1. The lowest BCUT2D eigenvalue weighted by Gasteiger charge is -2.35. The summed E-state index contributed by atoms with van der Waals surface area (Å²) in [6, 6.07) is 7.21. The van der Waals surface area contributed by atoms with E-state index >= 15 is 0 Å². The highest BCUT2D eigenvalue weighted by atomic mass is 16.5. The summed E-state index contributed by atoms with van der Waals surface area (Å²) in [4.78, 5) is 26.1. The topological polar surface area (TPSA) is 90.9 Å². The maximum absolute atomic E-state index is 12.2. The minimum absolute atomic E-state index is 0.0721. The third kappa shape index (κ3) is 4.94. The molecule has 0 spiro atoms. The molecule has 0 aromatic heterocycles. The standard InChI is InChI=1S/C17H25N3O4/c1-2-24-15-6-4-3-5-13(15)12-20-9-7-19-17(23)14(20)11-16(22)18-8-10-21/h3-6,14,21H,2,7-12H2,1H3,(H,18,22)(H,19,23)/t14-/m1/s1. The van der Waals surface area contributed by atoms with Gasteiger partial charge in [0.25, 0.3) is 0 Å². The lowest BCUT2D eigenvalue weighted by Crippen LogP contribution is -2.56. The predicted molar refractivity (Wildman–Crippen MR) is 89.5 cm³/mol. The molecule has 2 rings (SSSR count). The molecule has 0 aliphatic carbocycles. The molecule has 1 fully saturated rings. The predicted octanol–water partition coefficient (Wildman–Crippen LogP) is -0.116. The Hall–Kier alpha value is -2.12. The minimum Gasteiger partial charge on any atom is -0.494 e. The van der Waals surface area contributed by atoms with Crippen LogP contribution in [0.2, 0.25) is 0 Å². The largest absolute Gasteiger partial charge is 0.494 e. The number of rotatable bonds is 8. The summed E-state index contributed by atoms with van der Waals surface area (Å²) in [5.74, 6) is 0.415. The summed E-state index contributed by atoms with van der Waals surface area (Å²) in [6.45, 7) is 4.36. The van der Waals surface area contributed by atoms with Crippen LogP contribution in [0.25, 0.3) is 0 Å². The van der Waals surface area contributed by atoms with Crippen LogP contribution in [0.3, 0.4) is 0 Å². The number of hydrogen-bond donors (Lipinski definition) is 3. The van der Waals surface area contributed by atoms with Gasteiger partial charge >= 0.3 is 0 Å². The molecule has 1 aliphatic rings. The fourth-order valence-electron chi connectivity index (χ4n) is 2.77. The first-order valence-corrected chi connectivity index (χ1v) is 8.25. The van der Waals surface area contributed by atoms with Crippen molar-refractivity contribution in [2.75, 3.05) is 32.8 Å². The second kappa shape index (κ2) is 9.24. The number of carbonyl (C=O) groups is 2. The Balaban J connectivity index is 2.08. The molecule has 1 saturated heterocycles. The lowest BCUT2D eigenvalue weighted by molar-refractivity contribution is -0.134. The van der Waals surface area contributed by atoms with Crippen molar-refractivity contribution in [2.45, 2.75) is 25.9 Å². The van der Waals surface area contributed by atoms with Gasteiger partial charge in [0.05, 0.1) is 25.7 Å². The van der Waals surface area contributed by atoms with Gasteiger partial charge in [0.1, 0.15) is 5.75 Å². The van der Waals surface area contributed by atoms with Gasteiger partial charge in [0, 0.05) is 31.7 Å². The van der Waals surface area contributed by atoms with Crippen molar-refractivity contribution in [3.63, 3.8) is 0 Å². The number of para-hydroxylation sites is 1. The number of carbonyl (C=O) groups excluding carboxylic acids is 2. The molecule has 0 bridgehead atoms. The van der Waals surface area contributed by atoms with E-state index in [2.05, 4.69) is 10.6 Å². The van der Waals surface area contributed by atoms with Crippen molar-refractivity contribution in [2.24, 2.45) is 0 Å². The number of aliphatic hydroxyl groups excluding tert-OH is 1. The zero-order chi connectivity index (χ0) is 17.4. The number of hydrogen-bond acceptors (Lipinski definition) is 5. The zero-order valence-electron chi connectivity index (χ0n) is 14.0. The van der Waals surface area contributed by atoms with E-state index in [4.69, 9.17) is 9.84 Å². The summed E-state index contributed by atoms with van der Waals surface area (Å²) in [5, 5.41) is 14.2. The fraction of sp³-hybridized carbons (Fsp3) is 0.529. The number of amides is 2. The maximum Gasteiger partial charge on any atom is 0.237 e. The average molecular weight is 335 g/mol. The van der Waals surface area contributed by atoms with Gasteiger partial charge in [-0.3, -0.25) is 14.5 Å². The Bertz CT molecular complexity index is 565.